The molecule has 2 saturated carbocycles. The molecule has 1 spiro atoms. The summed E-state index contributed by atoms with van der Waals surface area (Å²) in [5, 5.41) is 3.55. The average molecular weight is 181 g/mol. The van der Waals surface area contributed by atoms with E-state index in [1.165, 1.54) is 19.3 Å². The maximum atomic E-state index is 6.28. The molecule has 74 valence electrons. The Balaban J connectivity index is 1.75. The molecular formula is C11H19NO. The summed E-state index contributed by atoms with van der Waals surface area (Å²) in [6.45, 7) is 4.41. The van der Waals surface area contributed by atoms with Gasteiger partial charge >= 0.3 is 0 Å². The standard InChI is InChI=1S/C11H19NO/c1-2-9-6-12-7-11(13-9)4-3-8-5-10(8)11/h8-10,12H,2-7H2,1H3. The first-order chi connectivity index (χ1) is 6.34. The molecule has 0 aromatic carbocycles. The zero-order chi connectivity index (χ0) is 8.89. The van der Waals surface area contributed by atoms with E-state index in [-0.39, 0.29) is 5.60 Å². The van der Waals surface area contributed by atoms with Crippen molar-refractivity contribution in [2.75, 3.05) is 13.1 Å². The molecule has 3 fully saturated rings. The van der Waals surface area contributed by atoms with E-state index in [0.29, 0.717) is 6.10 Å². The van der Waals surface area contributed by atoms with Gasteiger partial charge in [0.2, 0.25) is 0 Å². The van der Waals surface area contributed by atoms with Gasteiger partial charge in [0.05, 0.1) is 11.7 Å². The van der Waals surface area contributed by atoms with Crippen LogP contribution in [0, 0.1) is 11.8 Å². The van der Waals surface area contributed by atoms with Crippen molar-refractivity contribution in [3.05, 3.63) is 0 Å². The predicted molar refractivity (Wildman–Crippen MR) is 51.6 cm³/mol. The summed E-state index contributed by atoms with van der Waals surface area (Å²) in [5.41, 5.74) is 0.267. The van der Waals surface area contributed by atoms with Crippen molar-refractivity contribution in [1.29, 1.82) is 0 Å². The number of rotatable bonds is 1. The molecule has 0 amide bonds. The van der Waals surface area contributed by atoms with Crippen molar-refractivity contribution in [3.8, 4) is 0 Å². The molecule has 0 aromatic heterocycles. The third-order valence-electron chi connectivity index (χ3n) is 4.19. The summed E-state index contributed by atoms with van der Waals surface area (Å²) in [6, 6.07) is 0. The average Bonchev–Trinajstić information content (AvgIpc) is 2.89. The molecule has 0 radical (unpaired) electrons. The zero-order valence-corrected chi connectivity index (χ0v) is 8.38. The van der Waals surface area contributed by atoms with Crippen LogP contribution in [0.4, 0.5) is 0 Å². The Bertz CT molecular complexity index is 218. The van der Waals surface area contributed by atoms with Crippen molar-refractivity contribution in [2.45, 2.75) is 44.3 Å². The first-order valence-corrected chi connectivity index (χ1v) is 5.72. The van der Waals surface area contributed by atoms with E-state index >= 15 is 0 Å². The molecule has 2 nitrogen and oxygen atoms in total. The fourth-order valence-electron chi connectivity index (χ4n) is 3.28. The first kappa shape index (κ1) is 8.25. The number of hydrogen-bond donors (Lipinski definition) is 1. The van der Waals surface area contributed by atoms with Crippen LogP contribution >= 0.6 is 0 Å². The van der Waals surface area contributed by atoms with Crippen LogP contribution < -0.4 is 5.32 Å². The molecule has 4 unspecified atom stereocenters. The summed E-state index contributed by atoms with van der Waals surface area (Å²) in [6.07, 6.45) is 5.81. The van der Waals surface area contributed by atoms with E-state index in [4.69, 9.17) is 4.74 Å². The topological polar surface area (TPSA) is 21.3 Å². The summed E-state index contributed by atoms with van der Waals surface area (Å²) < 4.78 is 6.28. The maximum absolute atomic E-state index is 6.28. The Morgan fingerprint density at radius 2 is 2.46 bits per heavy atom. The monoisotopic (exact) mass is 181 g/mol. The lowest BCUT2D eigenvalue weighted by molar-refractivity contribution is -0.125. The predicted octanol–water partition coefficient (Wildman–Crippen LogP) is 1.55. The lowest BCUT2D eigenvalue weighted by atomic mass is 9.94. The Hall–Kier alpha value is -0.0800. The Labute approximate surface area is 80.0 Å². The summed E-state index contributed by atoms with van der Waals surface area (Å²) in [7, 11) is 0. The molecule has 3 aliphatic rings. The molecule has 0 bridgehead atoms. The summed E-state index contributed by atoms with van der Waals surface area (Å²) in [4.78, 5) is 0. The van der Waals surface area contributed by atoms with Gasteiger partial charge in [-0.2, -0.15) is 0 Å². The highest BCUT2D eigenvalue weighted by Gasteiger charge is 2.59. The van der Waals surface area contributed by atoms with Crippen molar-refractivity contribution < 1.29 is 4.74 Å². The Morgan fingerprint density at radius 3 is 3.08 bits per heavy atom. The SMILES string of the molecule is CCC1CNCC2(CCC3CC32)O1. The van der Waals surface area contributed by atoms with Crippen LogP contribution in [0.5, 0.6) is 0 Å². The van der Waals surface area contributed by atoms with Crippen molar-refractivity contribution in [3.63, 3.8) is 0 Å². The van der Waals surface area contributed by atoms with Gasteiger partial charge in [0.15, 0.2) is 0 Å². The third-order valence-corrected chi connectivity index (χ3v) is 4.19. The second-order valence-corrected chi connectivity index (χ2v) is 4.98. The van der Waals surface area contributed by atoms with Gasteiger partial charge in [-0.05, 0) is 37.5 Å². The summed E-state index contributed by atoms with van der Waals surface area (Å²) in [5.74, 6) is 1.94. The van der Waals surface area contributed by atoms with E-state index in [1.807, 2.05) is 0 Å². The molecule has 2 heteroatoms. The largest absolute Gasteiger partial charge is 0.369 e. The first-order valence-electron chi connectivity index (χ1n) is 5.72. The highest BCUT2D eigenvalue weighted by Crippen LogP contribution is 2.59. The molecule has 1 N–H and O–H groups in total. The number of nitrogens with one attached hydrogen (secondary N) is 1. The molecule has 1 aliphatic heterocycles. The smallest absolute Gasteiger partial charge is 0.0841 e. The molecule has 13 heavy (non-hydrogen) atoms. The van der Waals surface area contributed by atoms with Gasteiger partial charge < -0.3 is 10.1 Å². The van der Waals surface area contributed by atoms with Crippen molar-refractivity contribution in [1.82, 2.24) is 5.32 Å². The molecule has 0 aromatic rings. The van der Waals surface area contributed by atoms with Gasteiger partial charge in [0, 0.05) is 13.1 Å². The molecule has 1 saturated heterocycles. The fourth-order valence-corrected chi connectivity index (χ4v) is 3.28. The van der Waals surface area contributed by atoms with Crippen LogP contribution in [0.3, 0.4) is 0 Å². The van der Waals surface area contributed by atoms with E-state index in [2.05, 4.69) is 12.2 Å². The van der Waals surface area contributed by atoms with Crippen molar-refractivity contribution in [2.24, 2.45) is 11.8 Å². The maximum Gasteiger partial charge on any atom is 0.0841 e. The number of morpholine rings is 1. The van der Waals surface area contributed by atoms with E-state index in [9.17, 15) is 0 Å². The minimum Gasteiger partial charge on any atom is -0.369 e. The van der Waals surface area contributed by atoms with Gasteiger partial charge in [-0.3, -0.25) is 0 Å². The Morgan fingerprint density at radius 1 is 1.54 bits per heavy atom. The van der Waals surface area contributed by atoms with Crippen LogP contribution in [0.2, 0.25) is 0 Å². The highest BCUT2D eigenvalue weighted by molar-refractivity contribution is 5.11. The minimum atomic E-state index is 0.267. The normalized spacial score (nSPS) is 53.8. The van der Waals surface area contributed by atoms with E-state index in [1.54, 1.807) is 0 Å². The molecule has 1 heterocycles. The van der Waals surface area contributed by atoms with E-state index < -0.39 is 0 Å². The Kier molecular flexibility index (Phi) is 1.72. The van der Waals surface area contributed by atoms with Crippen LogP contribution in [0.1, 0.15) is 32.6 Å². The van der Waals surface area contributed by atoms with Crippen LogP contribution in [0.25, 0.3) is 0 Å². The second-order valence-electron chi connectivity index (χ2n) is 4.98. The van der Waals surface area contributed by atoms with Gasteiger partial charge in [-0.15, -0.1) is 0 Å². The van der Waals surface area contributed by atoms with Crippen LogP contribution in [-0.2, 0) is 4.74 Å². The van der Waals surface area contributed by atoms with Crippen LogP contribution in [0.15, 0.2) is 0 Å². The molecule has 4 atom stereocenters. The second kappa shape index (κ2) is 2.71. The number of fused-ring (bicyclic) bond motifs is 2. The van der Waals surface area contributed by atoms with Gasteiger partial charge in [0.25, 0.3) is 0 Å². The number of ether oxygens (including phenoxy) is 1. The fraction of sp³-hybridized carbons (Fsp3) is 1.00. The van der Waals surface area contributed by atoms with E-state index in [0.717, 1.165) is 31.3 Å². The molecular weight excluding hydrogens is 162 g/mol. The lowest BCUT2D eigenvalue weighted by Crippen LogP contribution is -2.54. The lowest BCUT2D eigenvalue weighted by Gasteiger charge is -2.40. The zero-order valence-electron chi connectivity index (χ0n) is 8.38. The third kappa shape index (κ3) is 1.15. The van der Waals surface area contributed by atoms with Crippen LogP contribution in [-0.4, -0.2) is 24.8 Å². The van der Waals surface area contributed by atoms with Gasteiger partial charge in [-0.25, -0.2) is 0 Å². The van der Waals surface area contributed by atoms with Gasteiger partial charge in [0.1, 0.15) is 0 Å². The highest BCUT2D eigenvalue weighted by atomic mass is 16.5. The minimum absolute atomic E-state index is 0.267. The van der Waals surface area contributed by atoms with Gasteiger partial charge in [-0.1, -0.05) is 6.92 Å². The quantitative estimate of drug-likeness (QED) is 0.662. The van der Waals surface area contributed by atoms with Crippen molar-refractivity contribution >= 4 is 0 Å². The summed E-state index contributed by atoms with van der Waals surface area (Å²) >= 11 is 0. The molecule has 2 aliphatic carbocycles. The molecule has 3 rings (SSSR count). The number of hydrogen-bond acceptors (Lipinski definition) is 2.